The Bertz CT molecular complexity index is 897. The third-order valence-electron chi connectivity index (χ3n) is 5.16. The van der Waals surface area contributed by atoms with Gasteiger partial charge < -0.3 is 14.2 Å². The molecule has 0 spiro atoms. The molecule has 6 nitrogen and oxygen atoms in total. The highest BCUT2D eigenvalue weighted by Crippen LogP contribution is 2.25. The van der Waals surface area contributed by atoms with Crippen molar-refractivity contribution in [2.45, 2.75) is 46.7 Å². The van der Waals surface area contributed by atoms with E-state index in [1.165, 1.54) is 7.11 Å². The molecule has 0 aliphatic heterocycles. The summed E-state index contributed by atoms with van der Waals surface area (Å²) in [6, 6.07) is 8.07. The minimum atomic E-state index is -0.682. The van der Waals surface area contributed by atoms with E-state index in [4.69, 9.17) is 4.74 Å². The Morgan fingerprint density at radius 2 is 1.61 bits per heavy atom. The standard InChI is InChI=1S/C22H28N2O4/c1-13(2)24(21(26)17-11-9-8-10-12-17)16(5)20(25)18-14(3)19(22(27)28-7)23(6)15(18)4/h8-13,16H,1-7H3. The Morgan fingerprint density at radius 3 is 2.11 bits per heavy atom. The van der Waals surface area contributed by atoms with E-state index in [9.17, 15) is 14.4 Å². The summed E-state index contributed by atoms with van der Waals surface area (Å²) in [6.07, 6.45) is 0. The number of ether oxygens (including phenoxy) is 1. The van der Waals surface area contributed by atoms with Crippen LogP contribution in [0.15, 0.2) is 30.3 Å². The third-order valence-corrected chi connectivity index (χ3v) is 5.16. The Kier molecular flexibility index (Phi) is 6.44. The van der Waals surface area contributed by atoms with Crippen molar-refractivity contribution in [2.24, 2.45) is 7.05 Å². The molecule has 0 saturated carbocycles. The average Bonchev–Trinajstić information content (AvgIpc) is 2.89. The summed E-state index contributed by atoms with van der Waals surface area (Å²) in [5.74, 6) is -0.884. The molecule has 0 saturated heterocycles. The Hall–Kier alpha value is -2.89. The van der Waals surface area contributed by atoms with Gasteiger partial charge in [0.05, 0.1) is 13.2 Å². The van der Waals surface area contributed by atoms with Gasteiger partial charge in [0.25, 0.3) is 5.91 Å². The lowest BCUT2D eigenvalue weighted by molar-refractivity contribution is 0.0565. The summed E-state index contributed by atoms with van der Waals surface area (Å²) in [5.41, 5.74) is 2.58. The van der Waals surface area contributed by atoms with Crippen LogP contribution in [-0.4, -0.2) is 46.3 Å². The molecule has 1 amide bonds. The van der Waals surface area contributed by atoms with E-state index in [-0.39, 0.29) is 17.7 Å². The van der Waals surface area contributed by atoms with Gasteiger partial charge in [-0.05, 0) is 52.3 Å². The van der Waals surface area contributed by atoms with Crippen LogP contribution in [0.2, 0.25) is 0 Å². The molecule has 0 radical (unpaired) electrons. The quantitative estimate of drug-likeness (QED) is 0.564. The van der Waals surface area contributed by atoms with E-state index in [0.717, 1.165) is 0 Å². The number of Topliss-reactive ketones (excluding diaryl/α,β-unsaturated/α-hetero) is 1. The van der Waals surface area contributed by atoms with Gasteiger partial charge in [-0.1, -0.05) is 18.2 Å². The summed E-state index contributed by atoms with van der Waals surface area (Å²) in [6.45, 7) is 9.02. The van der Waals surface area contributed by atoms with Gasteiger partial charge in [0, 0.05) is 29.9 Å². The summed E-state index contributed by atoms with van der Waals surface area (Å²) >= 11 is 0. The molecule has 0 N–H and O–H groups in total. The van der Waals surface area contributed by atoms with Crippen LogP contribution in [0.5, 0.6) is 0 Å². The molecule has 6 heteroatoms. The summed E-state index contributed by atoms with van der Waals surface area (Å²) in [5, 5.41) is 0. The second kappa shape index (κ2) is 8.42. The van der Waals surface area contributed by atoms with Crippen molar-refractivity contribution < 1.29 is 19.1 Å². The van der Waals surface area contributed by atoms with E-state index < -0.39 is 12.0 Å². The van der Waals surface area contributed by atoms with Gasteiger partial charge in [-0.3, -0.25) is 9.59 Å². The zero-order chi connectivity index (χ0) is 21.2. The number of benzene rings is 1. The third kappa shape index (κ3) is 3.72. The van der Waals surface area contributed by atoms with Crippen LogP contribution in [0.4, 0.5) is 0 Å². The average molecular weight is 384 g/mol. The summed E-state index contributed by atoms with van der Waals surface area (Å²) in [7, 11) is 3.04. The largest absolute Gasteiger partial charge is 0.464 e. The molecule has 0 fully saturated rings. The number of aromatic nitrogens is 1. The molecule has 1 heterocycles. The van der Waals surface area contributed by atoms with Crippen molar-refractivity contribution in [1.82, 2.24) is 9.47 Å². The molecule has 1 aromatic carbocycles. The lowest BCUT2D eigenvalue weighted by Gasteiger charge is -2.32. The fourth-order valence-corrected chi connectivity index (χ4v) is 3.65. The van der Waals surface area contributed by atoms with E-state index in [0.29, 0.717) is 28.1 Å². The topological polar surface area (TPSA) is 68.6 Å². The number of amides is 1. The van der Waals surface area contributed by atoms with Crippen molar-refractivity contribution in [2.75, 3.05) is 7.11 Å². The fourth-order valence-electron chi connectivity index (χ4n) is 3.65. The molecule has 2 aromatic rings. The monoisotopic (exact) mass is 384 g/mol. The highest BCUT2D eigenvalue weighted by Gasteiger charge is 2.33. The molecule has 150 valence electrons. The number of esters is 1. The number of hydrogen-bond acceptors (Lipinski definition) is 4. The van der Waals surface area contributed by atoms with Gasteiger partial charge in [0.15, 0.2) is 5.78 Å². The van der Waals surface area contributed by atoms with E-state index in [1.807, 2.05) is 19.9 Å². The van der Waals surface area contributed by atoms with E-state index in [2.05, 4.69) is 0 Å². The molecule has 28 heavy (non-hydrogen) atoms. The van der Waals surface area contributed by atoms with Gasteiger partial charge >= 0.3 is 5.97 Å². The van der Waals surface area contributed by atoms with Crippen molar-refractivity contribution in [3.05, 3.63) is 58.4 Å². The molecule has 0 bridgehead atoms. The molecule has 0 aliphatic rings. The minimum absolute atomic E-state index is 0.170. The molecular formula is C22H28N2O4. The lowest BCUT2D eigenvalue weighted by atomic mass is 9.98. The van der Waals surface area contributed by atoms with Crippen LogP contribution in [0.1, 0.15) is 63.2 Å². The van der Waals surface area contributed by atoms with Crippen molar-refractivity contribution in [3.8, 4) is 0 Å². The normalized spacial score (nSPS) is 12.0. The maximum absolute atomic E-state index is 13.4. The first kappa shape index (κ1) is 21.4. The molecule has 1 atom stereocenters. The van der Waals surface area contributed by atoms with Crippen molar-refractivity contribution in [3.63, 3.8) is 0 Å². The number of rotatable bonds is 6. The Balaban J connectivity index is 2.47. The predicted octanol–water partition coefficient (Wildman–Crippen LogP) is 3.55. The van der Waals surface area contributed by atoms with Crippen LogP contribution < -0.4 is 0 Å². The number of nitrogens with zero attached hydrogens (tertiary/aromatic N) is 2. The highest BCUT2D eigenvalue weighted by molar-refractivity contribution is 6.07. The first-order valence-corrected chi connectivity index (χ1v) is 9.29. The highest BCUT2D eigenvalue weighted by atomic mass is 16.5. The maximum Gasteiger partial charge on any atom is 0.354 e. The molecular weight excluding hydrogens is 356 g/mol. The molecule has 1 unspecified atom stereocenters. The molecule has 0 aliphatic carbocycles. The Morgan fingerprint density at radius 1 is 1.04 bits per heavy atom. The van der Waals surface area contributed by atoms with Crippen LogP contribution >= 0.6 is 0 Å². The van der Waals surface area contributed by atoms with E-state index >= 15 is 0 Å². The summed E-state index contributed by atoms with van der Waals surface area (Å²) < 4.78 is 6.52. The Labute approximate surface area is 166 Å². The second-order valence-corrected chi connectivity index (χ2v) is 7.20. The second-order valence-electron chi connectivity index (χ2n) is 7.20. The minimum Gasteiger partial charge on any atom is -0.464 e. The first-order valence-electron chi connectivity index (χ1n) is 9.29. The van der Waals surface area contributed by atoms with Crippen LogP contribution in [0.3, 0.4) is 0 Å². The molecule has 2 rings (SSSR count). The number of hydrogen-bond donors (Lipinski definition) is 0. The molecule has 1 aromatic heterocycles. The van der Waals surface area contributed by atoms with Crippen molar-refractivity contribution in [1.29, 1.82) is 0 Å². The zero-order valence-corrected chi connectivity index (χ0v) is 17.6. The van der Waals surface area contributed by atoms with Gasteiger partial charge in [-0.15, -0.1) is 0 Å². The number of ketones is 1. The van der Waals surface area contributed by atoms with Crippen LogP contribution in [0.25, 0.3) is 0 Å². The van der Waals surface area contributed by atoms with Crippen LogP contribution in [0, 0.1) is 13.8 Å². The number of methoxy groups -OCH3 is 1. The first-order chi connectivity index (χ1) is 13.1. The van der Waals surface area contributed by atoms with Gasteiger partial charge in [0.1, 0.15) is 5.69 Å². The van der Waals surface area contributed by atoms with Crippen LogP contribution in [-0.2, 0) is 11.8 Å². The van der Waals surface area contributed by atoms with Gasteiger partial charge in [0.2, 0.25) is 0 Å². The smallest absolute Gasteiger partial charge is 0.354 e. The maximum atomic E-state index is 13.4. The zero-order valence-electron chi connectivity index (χ0n) is 17.6. The fraction of sp³-hybridized carbons (Fsp3) is 0.409. The van der Waals surface area contributed by atoms with Gasteiger partial charge in [-0.25, -0.2) is 4.79 Å². The van der Waals surface area contributed by atoms with Gasteiger partial charge in [-0.2, -0.15) is 0 Å². The SMILES string of the molecule is COC(=O)c1c(C)c(C(=O)C(C)N(C(=O)c2ccccc2)C(C)C)c(C)n1C. The predicted molar refractivity (Wildman–Crippen MR) is 108 cm³/mol. The van der Waals surface area contributed by atoms with Crippen molar-refractivity contribution >= 4 is 17.7 Å². The number of carbonyl (C=O) groups excluding carboxylic acids is 3. The van der Waals surface area contributed by atoms with E-state index in [1.54, 1.807) is 61.6 Å². The lowest BCUT2D eigenvalue weighted by Crippen LogP contribution is -2.47. The number of carbonyl (C=O) groups is 3. The summed E-state index contributed by atoms with van der Waals surface area (Å²) in [4.78, 5) is 40.2.